The lowest BCUT2D eigenvalue weighted by atomic mass is 10.2. The Labute approximate surface area is 127 Å². The average Bonchev–Trinajstić information content (AvgIpc) is 2.91. The highest BCUT2D eigenvalue weighted by molar-refractivity contribution is 5.79. The molecule has 6 nitrogen and oxygen atoms in total. The Morgan fingerprint density at radius 2 is 2.19 bits per heavy atom. The highest BCUT2D eigenvalue weighted by atomic mass is 16.4. The van der Waals surface area contributed by atoms with Crippen molar-refractivity contribution in [2.45, 2.75) is 53.1 Å². The topological polar surface area (TPSA) is 79.7 Å². The standard InChI is InChI=1S/C15H29N5O/c1-5-13(4)20-9-6-14(17-20)11-19(10-12(2)3)8-7-15(16)18-21/h6,9,12-13,21H,5,7-8,10-11H2,1-4H3,(H2,16,18). The van der Waals surface area contributed by atoms with Gasteiger partial charge in [-0.3, -0.25) is 9.58 Å². The van der Waals surface area contributed by atoms with Crippen LogP contribution in [0.3, 0.4) is 0 Å². The van der Waals surface area contributed by atoms with E-state index in [1.165, 1.54) is 0 Å². The van der Waals surface area contributed by atoms with E-state index in [-0.39, 0.29) is 5.84 Å². The molecule has 0 bridgehead atoms. The zero-order valence-electron chi connectivity index (χ0n) is 13.7. The number of rotatable bonds is 9. The average molecular weight is 295 g/mol. The predicted molar refractivity (Wildman–Crippen MR) is 85.4 cm³/mol. The summed E-state index contributed by atoms with van der Waals surface area (Å²) in [6, 6.07) is 2.50. The molecule has 3 N–H and O–H groups in total. The molecule has 21 heavy (non-hydrogen) atoms. The first-order chi connectivity index (χ1) is 9.96. The van der Waals surface area contributed by atoms with Crippen LogP contribution in [0.1, 0.15) is 52.3 Å². The first-order valence-electron chi connectivity index (χ1n) is 7.69. The van der Waals surface area contributed by atoms with Crippen LogP contribution in [0.2, 0.25) is 0 Å². The van der Waals surface area contributed by atoms with Crippen molar-refractivity contribution in [3.05, 3.63) is 18.0 Å². The Morgan fingerprint density at radius 3 is 2.76 bits per heavy atom. The molecule has 1 rings (SSSR count). The fourth-order valence-electron chi connectivity index (χ4n) is 2.20. The fourth-order valence-corrected chi connectivity index (χ4v) is 2.20. The van der Waals surface area contributed by atoms with Gasteiger partial charge in [0, 0.05) is 38.3 Å². The second-order valence-electron chi connectivity index (χ2n) is 6.01. The van der Waals surface area contributed by atoms with E-state index in [0.717, 1.165) is 31.7 Å². The third-order valence-corrected chi connectivity index (χ3v) is 3.53. The van der Waals surface area contributed by atoms with Gasteiger partial charge in [0.1, 0.15) is 5.84 Å². The second kappa shape index (κ2) is 8.67. The Morgan fingerprint density at radius 1 is 1.48 bits per heavy atom. The third kappa shape index (κ3) is 6.16. The highest BCUT2D eigenvalue weighted by Gasteiger charge is 2.12. The molecule has 6 heteroatoms. The molecule has 1 aromatic rings. The van der Waals surface area contributed by atoms with Crippen molar-refractivity contribution in [3.63, 3.8) is 0 Å². The number of hydrogen-bond donors (Lipinski definition) is 2. The molecule has 0 saturated carbocycles. The lowest BCUT2D eigenvalue weighted by Gasteiger charge is -2.23. The lowest BCUT2D eigenvalue weighted by molar-refractivity contribution is 0.237. The van der Waals surface area contributed by atoms with E-state index in [0.29, 0.717) is 18.4 Å². The number of nitrogens with zero attached hydrogens (tertiary/aromatic N) is 4. The van der Waals surface area contributed by atoms with Crippen molar-refractivity contribution >= 4 is 5.84 Å². The SMILES string of the molecule is CCC(C)n1ccc(CN(CCC(N)=NO)CC(C)C)n1. The second-order valence-corrected chi connectivity index (χ2v) is 6.01. The molecule has 0 amide bonds. The normalized spacial score (nSPS) is 14.1. The van der Waals surface area contributed by atoms with Gasteiger partial charge in [-0.1, -0.05) is 25.9 Å². The number of hydrogen-bond acceptors (Lipinski definition) is 4. The van der Waals surface area contributed by atoms with Crippen molar-refractivity contribution in [2.75, 3.05) is 13.1 Å². The van der Waals surface area contributed by atoms with Crippen molar-refractivity contribution in [1.29, 1.82) is 0 Å². The third-order valence-electron chi connectivity index (χ3n) is 3.53. The Kier molecular flexibility index (Phi) is 7.22. The van der Waals surface area contributed by atoms with Gasteiger partial charge in [-0.15, -0.1) is 0 Å². The van der Waals surface area contributed by atoms with Gasteiger partial charge in [0.15, 0.2) is 0 Å². The minimum Gasteiger partial charge on any atom is -0.409 e. The largest absolute Gasteiger partial charge is 0.409 e. The molecule has 0 aromatic carbocycles. The molecular formula is C15H29N5O. The molecule has 0 aliphatic heterocycles. The molecule has 0 aliphatic rings. The zero-order valence-corrected chi connectivity index (χ0v) is 13.7. The molecule has 1 atom stereocenters. The summed E-state index contributed by atoms with van der Waals surface area (Å²) in [5, 5.41) is 16.3. The predicted octanol–water partition coefficient (Wildman–Crippen LogP) is 2.45. The van der Waals surface area contributed by atoms with Gasteiger partial charge in [0.2, 0.25) is 0 Å². The summed E-state index contributed by atoms with van der Waals surface area (Å²) in [4.78, 5) is 2.30. The summed E-state index contributed by atoms with van der Waals surface area (Å²) in [5.41, 5.74) is 6.63. The van der Waals surface area contributed by atoms with Crippen LogP contribution in [-0.2, 0) is 6.54 Å². The first-order valence-corrected chi connectivity index (χ1v) is 7.69. The summed E-state index contributed by atoms with van der Waals surface area (Å²) >= 11 is 0. The van der Waals surface area contributed by atoms with Gasteiger partial charge >= 0.3 is 0 Å². The van der Waals surface area contributed by atoms with Gasteiger partial charge < -0.3 is 10.9 Å². The van der Waals surface area contributed by atoms with E-state index >= 15 is 0 Å². The Balaban J connectivity index is 2.64. The maximum absolute atomic E-state index is 8.64. The van der Waals surface area contributed by atoms with Crippen LogP contribution in [0.4, 0.5) is 0 Å². The van der Waals surface area contributed by atoms with Crippen LogP contribution in [0.5, 0.6) is 0 Å². The summed E-state index contributed by atoms with van der Waals surface area (Å²) in [7, 11) is 0. The van der Waals surface area contributed by atoms with Gasteiger partial charge in [-0.2, -0.15) is 5.10 Å². The fraction of sp³-hybridized carbons (Fsp3) is 0.733. The van der Waals surface area contributed by atoms with Crippen LogP contribution < -0.4 is 5.73 Å². The number of amidine groups is 1. The zero-order chi connectivity index (χ0) is 15.8. The minimum atomic E-state index is 0.272. The quantitative estimate of drug-likeness (QED) is 0.317. The van der Waals surface area contributed by atoms with Gasteiger partial charge in [-0.05, 0) is 25.3 Å². The monoisotopic (exact) mass is 295 g/mol. The number of nitrogens with two attached hydrogens (primary N) is 1. The molecule has 1 aromatic heterocycles. The van der Waals surface area contributed by atoms with Crippen molar-refractivity contribution < 1.29 is 5.21 Å². The van der Waals surface area contributed by atoms with Gasteiger partial charge in [0.25, 0.3) is 0 Å². The minimum absolute atomic E-state index is 0.272. The molecule has 0 aliphatic carbocycles. The summed E-state index contributed by atoms with van der Waals surface area (Å²) in [6.07, 6.45) is 3.68. The summed E-state index contributed by atoms with van der Waals surface area (Å²) in [6.45, 7) is 11.2. The van der Waals surface area contributed by atoms with E-state index in [1.807, 2.05) is 10.9 Å². The maximum atomic E-state index is 8.64. The Hall–Kier alpha value is -1.56. The van der Waals surface area contributed by atoms with Crippen LogP contribution in [-0.4, -0.2) is 38.8 Å². The van der Waals surface area contributed by atoms with E-state index in [2.05, 4.69) is 48.9 Å². The van der Waals surface area contributed by atoms with E-state index in [4.69, 9.17) is 10.9 Å². The molecular weight excluding hydrogens is 266 g/mol. The maximum Gasteiger partial charge on any atom is 0.140 e. The number of aromatic nitrogens is 2. The van der Waals surface area contributed by atoms with Crippen LogP contribution in [0.15, 0.2) is 17.4 Å². The van der Waals surface area contributed by atoms with E-state index in [9.17, 15) is 0 Å². The van der Waals surface area contributed by atoms with Gasteiger partial charge in [-0.25, -0.2) is 0 Å². The van der Waals surface area contributed by atoms with Crippen LogP contribution in [0, 0.1) is 5.92 Å². The lowest BCUT2D eigenvalue weighted by Crippen LogP contribution is -2.31. The molecule has 0 saturated heterocycles. The van der Waals surface area contributed by atoms with Crippen molar-refractivity contribution in [3.8, 4) is 0 Å². The van der Waals surface area contributed by atoms with Crippen molar-refractivity contribution in [1.82, 2.24) is 14.7 Å². The summed E-state index contributed by atoms with van der Waals surface area (Å²) in [5.74, 6) is 0.836. The molecule has 0 spiro atoms. The van der Waals surface area contributed by atoms with E-state index in [1.54, 1.807) is 0 Å². The van der Waals surface area contributed by atoms with Crippen LogP contribution >= 0.6 is 0 Å². The van der Waals surface area contributed by atoms with Crippen molar-refractivity contribution in [2.24, 2.45) is 16.8 Å². The smallest absolute Gasteiger partial charge is 0.140 e. The number of oxime groups is 1. The molecule has 1 heterocycles. The molecule has 1 unspecified atom stereocenters. The Bertz CT molecular complexity index is 441. The van der Waals surface area contributed by atoms with Gasteiger partial charge in [0.05, 0.1) is 5.69 Å². The summed E-state index contributed by atoms with van der Waals surface area (Å²) < 4.78 is 2.02. The molecule has 0 fully saturated rings. The first kappa shape index (κ1) is 17.5. The molecule has 120 valence electrons. The van der Waals surface area contributed by atoms with E-state index < -0.39 is 0 Å². The molecule has 0 radical (unpaired) electrons. The van der Waals surface area contributed by atoms with Crippen LogP contribution in [0.25, 0.3) is 0 Å². The highest BCUT2D eigenvalue weighted by Crippen LogP contribution is 2.11.